The van der Waals surface area contributed by atoms with E-state index in [1.807, 2.05) is 0 Å². The van der Waals surface area contributed by atoms with Gasteiger partial charge < -0.3 is 5.11 Å². The third-order valence-corrected chi connectivity index (χ3v) is 3.40. The summed E-state index contributed by atoms with van der Waals surface area (Å²) >= 11 is 0. The molecule has 0 spiro atoms. The Hall–Kier alpha value is -0.0400. The fourth-order valence-corrected chi connectivity index (χ4v) is 2.55. The Morgan fingerprint density at radius 3 is 2.50 bits per heavy atom. The molecule has 0 heterocycles. The van der Waals surface area contributed by atoms with E-state index >= 15 is 0 Å². The number of aliphatic hydroxyl groups excluding tert-OH is 1. The summed E-state index contributed by atoms with van der Waals surface area (Å²) in [4.78, 5) is 0. The van der Waals surface area contributed by atoms with Crippen molar-refractivity contribution in [1.29, 1.82) is 0 Å². The van der Waals surface area contributed by atoms with Gasteiger partial charge in [0.05, 0.1) is 6.10 Å². The van der Waals surface area contributed by atoms with Gasteiger partial charge in [0.15, 0.2) is 0 Å². The molecule has 12 heavy (non-hydrogen) atoms. The second kappa shape index (κ2) is 4.86. The summed E-state index contributed by atoms with van der Waals surface area (Å²) in [6.07, 6.45) is 7.47. The van der Waals surface area contributed by atoms with Gasteiger partial charge in [0, 0.05) is 0 Å². The summed E-state index contributed by atoms with van der Waals surface area (Å²) in [7, 11) is 0. The van der Waals surface area contributed by atoms with Crippen LogP contribution in [-0.4, -0.2) is 11.2 Å². The van der Waals surface area contributed by atoms with Crippen LogP contribution in [0.25, 0.3) is 0 Å². The lowest BCUT2D eigenvalue weighted by atomic mass is 9.74. The van der Waals surface area contributed by atoms with Crippen LogP contribution in [0.2, 0.25) is 0 Å². The summed E-state index contributed by atoms with van der Waals surface area (Å²) in [6.45, 7) is 4.34. The van der Waals surface area contributed by atoms with Crippen LogP contribution in [0.1, 0.15) is 52.4 Å². The van der Waals surface area contributed by atoms with E-state index < -0.39 is 0 Å². The van der Waals surface area contributed by atoms with Crippen LogP contribution >= 0.6 is 0 Å². The molecule has 0 bridgehead atoms. The predicted molar refractivity (Wildman–Crippen MR) is 52.0 cm³/mol. The molecule has 0 aromatic rings. The van der Waals surface area contributed by atoms with Gasteiger partial charge in [0.1, 0.15) is 0 Å². The van der Waals surface area contributed by atoms with E-state index in [-0.39, 0.29) is 6.10 Å². The van der Waals surface area contributed by atoms with Gasteiger partial charge in [-0.25, -0.2) is 0 Å². The largest absolute Gasteiger partial charge is 0.393 e. The molecule has 0 saturated heterocycles. The molecule has 3 atom stereocenters. The topological polar surface area (TPSA) is 20.2 Å². The fourth-order valence-electron chi connectivity index (χ4n) is 2.55. The fraction of sp³-hybridized carbons (Fsp3) is 1.00. The van der Waals surface area contributed by atoms with Gasteiger partial charge in [-0.15, -0.1) is 0 Å². The van der Waals surface area contributed by atoms with Crippen molar-refractivity contribution in [2.75, 3.05) is 0 Å². The molecule has 0 aliphatic heterocycles. The van der Waals surface area contributed by atoms with Crippen molar-refractivity contribution in [3.8, 4) is 0 Å². The van der Waals surface area contributed by atoms with E-state index in [1.54, 1.807) is 0 Å². The maximum absolute atomic E-state index is 9.78. The molecule has 0 aromatic carbocycles. The zero-order valence-electron chi connectivity index (χ0n) is 8.42. The van der Waals surface area contributed by atoms with Gasteiger partial charge in [0.2, 0.25) is 0 Å². The van der Waals surface area contributed by atoms with E-state index in [4.69, 9.17) is 0 Å². The SMILES string of the molecule is CCC1CCCCC1[C@@H](O)CC. The lowest BCUT2D eigenvalue weighted by molar-refractivity contribution is 0.0436. The minimum Gasteiger partial charge on any atom is -0.393 e. The highest BCUT2D eigenvalue weighted by Gasteiger charge is 2.28. The van der Waals surface area contributed by atoms with Crippen molar-refractivity contribution < 1.29 is 5.11 Å². The summed E-state index contributed by atoms with van der Waals surface area (Å²) < 4.78 is 0. The average molecular weight is 170 g/mol. The third kappa shape index (κ3) is 2.22. The van der Waals surface area contributed by atoms with Gasteiger partial charge in [-0.2, -0.15) is 0 Å². The van der Waals surface area contributed by atoms with Crippen LogP contribution in [0.4, 0.5) is 0 Å². The van der Waals surface area contributed by atoms with Crippen LogP contribution < -0.4 is 0 Å². The Morgan fingerprint density at radius 2 is 1.92 bits per heavy atom. The first-order valence-electron chi connectivity index (χ1n) is 5.47. The Kier molecular flexibility index (Phi) is 4.07. The Morgan fingerprint density at radius 1 is 1.25 bits per heavy atom. The Balaban J connectivity index is 2.46. The number of hydrogen-bond acceptors (Lipinski definition) is 1. The maximum Gasteiger partial charge on any atom is 0.0568 e. The molecule has 1 saturated carbocycles. The molecule has 0 radical (unpaired) electrons. The Bertz CT molecular complexity index is 122. The molecule has 1 nitrogen and oxygen atoms in total. The van der Waals surface area contributed by atoms with Crippen LogP contribution in [0.5, 0.6) is 0 Å². The van der Waals surface area contributed by atoms with E-state index in [1.165, 1.54) is 32.1 Å². The van der Waals surface area contributed by atoms with Gasteiger partial charge in [-0.05, 0) is 24.7 Å². The Labute approximate surface area is 76.2 Å². The molecular formula is C11H22O. The lowest BCUT2D eigenvalue weighted by Crippen LogP contribution is -2.29. The monoisotopic (exact) mass is 170 g/mol. The van der Waals surface area contributed by atoms with Crippen molar-refractivity contribution in [3.05, 3.63) is 0 Å². The third-order valence-electron chi connectivity index (χ3n) is 3.40. The summed E-state index contributed by atoms with van der Waals surface area (Å²) in [5.74, 6) is 1.41. The lowest BCUT2D eigenvalue weighted by Gasteiger charge is -2.33. The molecule has 1 aliphatic carbocycles. The molecule has 1 N–H and O–H groups in total. The summed E-state index contributed by atoms with van der Waals surface area (Å²) in [5.41, 5.74) is 0. The normalized spacial score (nSPS) is 33.2. The maximum atomic E-state index is 9.78. The van der Waals surface area contributed by atoms with E-state index in [0.29, 0.717) is 5.92 Å². The highest BCUT2D eigenvalue weighted by Crippen LogP contribution is 2.35. The van der Waals surface area contributed by atoms with Crippen LogP contribution in [0.15, 0.2) is 0 Å². The highest BCUT2D eigenvalue weighted by atomic mass is 16.3. The van der Waals surface area contributed by atoms with Gasteiger partial charge >= 0.3 is 0 Å². The minimum absolute atomic E-state index is 0.0322. The highest BCUT2D eigenvalue weighted by molar-refractivity contribution is 4.79. The number of rotatable bonds is 3. The van der Waals surface area contributed by atoms with Crippen molar-refractivity contribution in [1.82, 2.24) is 0 Å². The second-order valence-electron chi connectivity index (χ2n) is 4.09. The van der Waals surface area contributed by atoms with Gasteiger partial charge in [-0.1, -0.05) is 39.5 Å². The molecule has 1 heteroatoms. The van der Waals surface area contributed by atoms with Crippen LogP contribution in [0.3, 0.4) is 0 Å². The molecule has 72 valence electrons. The molecule has 1 rings (SSSR count). The van der Waals surface area contributed by atoms with Gasteiger partial charge in [-0.3, -0.25) is 0 Å². The zero-order valence-corrected chi connectivity index (χ0v) is 8.42. The molecular weight excluding hydrogens is 148 g/mol. The molecule has 0 aromatic heterocycles. The summed E-state index contributed by atoms with van der Waals surface area (Å²) in [5, 5.41) is 9.78. The quantitative estimate of drug-likeness (QED) is 0.690. The molecule has 0 amide bonds. The van der Waals surface area contributed by atoms with E-state index in [2.05, 4.69) is 13.8 Å². The average Bonchev–Trinajstić information content (AvgIpc) is 2.16. The first-order valence-corrected chi connectivity index (χ1v) is 5.47. The van der Waals surface area contributed by atoms with Crippen molar-refractivity contribution >= 4 is 0 Å². The van der Waals surface area contributed by atoms with Crippen molar-refractivity contribution in [3.63, 3.8) is 0 Å². The van der Waals surface area contributed by atoms with Gasteiger partial charge in [0.25, 0.3) is 0 Å². The van der Waals surface area contributed by atoms with Crippen molar-refractivity contribution in [2.24, 2.45) is 11.8 Å². The predicted octanol–water partition coefficient (Wildman–Crippen LogP) is 2.97. The first-order chi connectivity index (χ1) is 5.79. The van der Waals surface area contributed by atoms with Crippen LogP contribution in [0, 0.1) is 11.8 Å². The van der Waals surface area contributed by atoms with Crippen LogP contribution in [-0.2, 0) is 0 Å². The van der Waals surface area contributed by atoms with E-state index in [0.717, 1.165) is 12.3 Å². The second-order valence-corrected chi connectivity index (χ2v) is 4.09. The first kappa shape index (κ1) is 10.0. The van der Waals surface area contributed by atoms with E-state index in [9.17, 15) is 5.11 Å². The molecule has 2 unspecified atom stereocenters. The minimum atomic E-state index is -0.0322. The molecule has 1 fully saturated rings. The zero-order chi connectivity index (χ0) is 8.97. The van der Waals surface area contributed by atoms with Crippen molar-refractivity contribution in [2.45, 2.75) is 58.5 Å². The standard InChI is InChI=1S/C11H22O/c1-3-9-7-5-6-8-10(9)11(12)4-2/h9-12H,3-8H2,1-2H3/t9?,10?,11-/m0/s1. The number of aliphatic hydroxyl groups is 1. The number of hydrogen-bond donors (Lipinski definition) is 1. The summed E-state index contributed by atoms with van der Waals surface area (Å²) in [6, 6.07) is 0. The molecule has 1 aliphatic rings. The smallest absolute Gasteiger partial charge is 0.0568 e.